The van der Waals surface area contributed by atoms with Crippen molar-refractivity contribution in [2.75, 3.05) is 5.88 Å². The first kappa shape index (κ1) is 11.3. The zero-order valence-electron chi connectivity index (χ0n) is 9.18. The van der Waals surface area contributed by atoms with Gasteiger partial charge >= 0.3 is 0 Å². The number of amides is 1. The van der Waals surface area contributed by atoms with Gasteiger partial charge in [-0.1, -0.05) is 12.8 Å². The molecule has 1 N–H and O–H groups in total. The maximum atomic E-state index is 11.7. The summed E-state index contributed by atoms with van der Waals surface area (Å²) in [5, 5.41) is 3.19. The zero-order chi connectivity index (χ0) is 10.7. The molecule has 2 fully saturated rings. The highest BCUT2D eigenvalue weighted by molar-refractivity contribution is 6.18. The molecule has 0 radical (unpaired) electrons. The van der Waals surface area contributed by atoms with E-state index in [9.17, 15) is 4.79 Å². The summed E-state index contributed by atoms with van der Waals surface area (Å²) < 4.78 is 0. The van der Waals surface area contributed by atoms with Crippen LogP contribution in [0.5, 0.6) is 0 Å². The molecule has 86 valence electrons. The van der Waals surface area contributed by atoms with Crippen LogP contribution in [0.25, 0.3) is 0 Å². The van der Waals surface area contributed by atoms with Crippen LogP contribution < -0.4 is 5.32 Å². The van der Waals surface area contributed by atoms with Gasteiger partial charge in [-0.3, -0.25) is 4.79 Å². The lowest BCUT2D eigenvalue weighted by Crippen LogP contribution is -2.43. The van der Waals surface area contributed by atoms with Crippen LogP contribution in [-0.2, 0) is 4.79 Å². The Morgan fingerprint density at radius 1 is 1.20 bits per heavy atom. The highest BCUT2D eigenvalue weighted by atomic mass is 35.5. The Hall–Kier alpha value is -0.240. The Balaban J connectivity index is 1.75. The van der Waals surface area contributed by atoms with Gasteiger partial charge in [0.2, 0.25) is 5.91 Å². The van der Waals surface area contributed by atoms with Gasteiger partial charge in [-0.2, -0.15) is 0 Å². The molecule has 2 rings (SSSR count). The van der Waals surface area contributed by atoms with Crippen LogP contribution in [0.15, 0.2) is 0 Å². The maximum absolute atomic E-state index is 11.7. The number of hydrogen-bond donors (Lipinski definition) is 1. The zero-order valence-corrected chi connectivity index (χ0v) is 9.93. The van der Waals surface area contributed by atoms with Gasteiger partial charge in [-0.15, -0.1) is 11.6 Å². The van der Waals surface area contributed by atoms with E-state index in [1.165, 1.54) is 19.3 Å². The summed E-state index contributed by atoms with van der Waals surface area (Å²) >= 11 is 5.87. The molecule has 0 aromatic rings. The fraction of sp³-hybridized carbons (Fsp3) is 0.917. The standard InChI is InChI=1S/C12H20ClNO/c13-8-9-3-1-6-11(7-9)14-12(15)10-4-2-5-10/h9-11H,1-8H2,(H,14,15). The minimum atomic E-state index is 0.293. The Labute approximate surface area is 96.8 Å². The predicted molar refractivity (Wildman–Crippen MR) is 61.9 cm³/mol. The van der Waals surface area contributed by atoms with Crippen molar-refractivity contribution in [2.24, 2.45) is 11.8 Å². The van der Waals surface area contributed by atoms with Crippen LogP contribution >= 0.6 is 11.6 Å². The number of carbonyl (C=O) groups excluding carboxylic acids is 1. The molecule has 2 saturated carbocycles. The van der Waals surface area contributed by atoms with E-state index >= 15 is 0 Å². The highest BCUT2D eigenvalue weighted by Crippen LogP contribution is 2.29. The summed E-state index contributed by atoms with van der Waals surface area (Å²) in [5.74, 6) is 1.98. The third-order valence-electron chi connectivity index (χ3n) is 3.82. The van der Waals surface area contributed by atoms with Crippen molar-refractivity contribution >= 4 is 17.5 Å². The molecular formula is C12H20ClNO. The smallest absolute Gasteiger partial charge is 0.223 e. The summed E-state index contributed by atoms with van der Waals surface area (Å²) in [6.45, 7) is 0. The van der Waals surface area contributed by atoms with Gasteiger partial charge in [0.1, 0.15) is 0 Å². The summed E-state index contributed by atoms with van der Waals surface area (Å²) in [5.41, 5.74) is 0. The van der Waals surface area contributed by atoms with Gasteiger partial charge in [0, 0.05) is 17.8 Å². The number of carbonyl (C=O) groups is 1. The van der Waals surface area contributed by atoms with E-state index in [1.54, 1.807) is 0 Å². The van der Waals surface area contributed by atoms with Crippen LogP contribution in [0.3, 0.4) is 0 Å². The minimum Gasteiger partial charge on any atom is -0.353 e. The Morgan fingerprint density at radius 3 is 2.53 bits per heavy atom. The second-order valence-corrected chi connectivity index (χ2v) is 5.33. The van der Waals surface area contributed by atoms with Crippen molar-refractivity contribution in [2.45, 2.75) is 51.0 Å². The minimum absolute atomic E-state index is 0.293. The fourth-order valence-corrected chi connectivity index (χ4v) is 2.83. The van der Waals surface area contributed by atoms with Crippen LogP contribution in [0.1, 0.15) is 44.9 Å². The summed E-state index contributed by atoms with van der Waals surface area (Å²) in [6.07, 6.45) is 8.10. The number of halogens is 1. The second kappa shape index (κ2) is 5.20. The lowest BCUT2D eigenvalue weighted by molar-refractivity contribution is -0.128. The molecular weight excluding hydrogens is 210 g/mol. The van der Waals surface area contributed by atoms with E-state index in [-0.39, 0.29) is 0 Å². The monoisotopic (exact) mass is 229 g/mol. The van der Waals surface area contributed by atoms with Gasteiger partial charge in [0.15, 0.2) is 0 Å². The number of nitrogens with one attached hydrogen (secondary N) is 1. The predicted octanol–water partition coefficient (Wildman–Crippen LogP) is 2.70. The molecule has 3 heteroatoms. The first-order chi connectivity index (χ1) is 7.29. The lowest BCUT2D eigenvalue weighted by atomic mass is 9.83. The van der Waals surface area contributed by atoms with E-state index < -0.39 is 0 Å². The average molecular weight is 230 g/mol. The van der Waals surface area contributed by atoms with Gasteiger partial charge in [0.25, 0.3) is 0 Å². The van der Waals surface area contributed by atoms with Crippen molar-refractivity contribution in [3.05, 3.63) is 0 Å². The van der Waals surface area contributed by atoms with Gasteiger partial charge in [0.05, 0.1) is 0 Å². The average Bonchev–Trinajstić information content (AvgIpc) is 2.15. The first-order valence-electron chi connectivity index (χ1n) is 6.16. The lowest BCUT2D eigenvalue weighted by Gasteiger charge is -2.31. The summed E-state index contributed by atoms with van der Waals surface area (Å²) in [6, 6.07) is 0.399. The molecule has 0 aromatic carbocycles. The molecule has 2 unspecified atom stereocenters. The van der Waals surface area contributed by atoms with Crippen molar-refractivity contribution < 1.29 is 4.79 Å². The molecule has 0 aromatic heterocycles. The van der Waals surface area contributed by atoms with Gasteiger partial charge in [-0.05, 0) is 38.0 Å². The van der Waals surface area contributed by atoms with Gasteiger partial charge in [-0.25, -0.2) is 0 Å². The summed E-state index contributed by atoms with van der Waals surface area (Å²) in [4.78, 5) is 11.7. The molecule has 0 aliphatic heterocycles. The Bertz CT molecular complexity index is 228. The topological polar surface area (TPSA) is 29.1 Å². The van der Waals surface area contributed by atoms with E-state index in [0.717, 1.165) is 31.6 Å². The van der Waals surface area contributed by atoms with Crippen molar-refractivity contribution in [1.82, 2.24) is 5.32 Å². The molecule has 0 spiro atoms. The number of alkyl halides is 1. The molecule has 2 aliphatic carbocycles. The van der Waals surface area contributed by atoms with E-state index in [2.05, 4.69) is 5.32 Å². The van der Waals surface area contributed by atoms with Crippen LogP contribution in [0.2, 0.25) is 0 Å². The van der Waals surface area contributed by atoms with Crippen LogP contribution in [-0.4, -0.2) is 17.8 Å². The molecule has 2 atom stereocenters. The van der Waals surface area contributed by atoms with Crippen molar-refractivity contribution in [3.8, 4) is 0 Å². The first-order valence-corrected chi connectivity index (χ1v) is 6.69. The molecule has 0 saturated heterocycles. The molecule has 2 nitrogen and oxygen atoms in total. The summed E-state index contributed by atoms with van der Waals surface area (Å²) in [7, 11) is 0. The quantitative estimate of drug-likeness (QED) is 0.741. The molecule has 2 aliphatic rings. The van der Waals surface area contributed by atoms with E-state index in [4.69, 9.17) is 11.6 Å². The SMILES string of the molecule is O=C(NC1CCCC(CCl)C1)C1CCC1. The largest absolute Gasteiger partial charge is 0.353 e. The third kappa shape index (κ3) is 2.87. The highest BCUT2D eigenvalue weighted by Gasteiger charge is 2.28. The number of rotatable bonds is 3. The number of hydrogen-bond acceptors (Lipinski definition) is 1. The van der Waals surface area contributed by atoms with Crippen molar-refractivity contribution in [3.63, 3.8) is 0 Å². The van der Waals surface area contributed by atoms with Crippen molar-refractivity contribution in [1.29, 1.82) is 0 Å². The molecule has 15 heavy (non-hydrogen) atoms. The van der Waals surface area contributed by atoms with E-state index in [0.29, 0.717) is 23.8 Å². The van der Waals surface area contributed by atoms with E-state index in [1.807, 2.05) is 0 Å². The molecule has 0 heterocycles. The Morgan fingerprint density at radius 2 is 1.93 bits per heavy atom. The Kier molecular flexibility index (Phi) is 3.90. The normalized spacial score (nSPS) is 32.1. The maximum Gasteiger partial charge on any atom is 0.223 e. The molecule has 1 amide bonds. The van der Waals surface area contributed by atoms with Crippen LogP contribution in [0.4, 0.5) is 0 Å². The third-order valence-corrected chi connectivity index (χ3v) is 4.26. The fourth-order valence-electron chi connectivity index (χ4n) is 2.55. The van der Waals surface area contributed by atoms with Crippen LogP contribution in [0, 0.1) is 11.8 Å². The van der Waals surface area contributed by atoms with Gasteiger partial charge < -0.3 is 5.32 Å². The second-order valence-electron chi connectivity index (χ2n) is 5.02. The molecule has 0 bridgehead atoms.